The molecule has 20 heavy (non-hydrogen) atoms. The molecule has 0 aliphatic rings. The number of methoxy groups -OCH3 is 1. The van der Waals surface area contributed by atoms with E-state index < -0.39 is 5.60 Å². The average molecular weight is 339 g/mol. The summed E-state index contributed by atoms with van der Waals surface area (Å²) in [5.74, 6) is 0.769. The third kappa shape index (κ3) is 2.74. The highest BCUT2D eigenvalue weighted by molar-refractivity contribution is 9.10. The first-order valence-corrected chi connectivity index (χ1v) is 7.38. The van der Waals surface area contributed by atoms with E-state index in [1.165, 1.54) is 0 Å². The van der Waals surface area contributed by atoms with Gasteiger partial charge in [-0.1, -0.05) is 19.1 Å². The number of rotatable bonds is 5. The summed E-state index contributed by atoms with van der Waals surface area (Å²) in [7, 11) is 1.63. The second kappa shape index (κ2) is 5.97. The largest absolute Gasteiger partial charge is 0.497 e. The van der Waals surface area contributed by atoms with Gasteiger partial charge in [0.25, 0.3) is 0 Å². The second-order valence-corrected chi connectivity index (χ2v) is 5.72. The van der Waals surface area contributed by atoms with E-state index in [2.05, 4.69) is 28.0 Å². The van der Waals surface area contributed by atoms with E-state index in [4.69, 9.17) is 4.74 Å². The van der Waals surface area contributed by atoms with Crippen molar-refractivity contribution in [2.75, 3.05) is 7.11 Å². The average Bonchev–Trinajstić information content (AvgIpc) is 2.81. The zero-order valence-electron chi connectivity index (χ0n) is 11.9. The molecule has 1 unspecified atom stereocenters. The van der Waals surface area contributed by atoms with E-state index in [-0.39, 0.29) is 0 Å². The minimum Gasteiger partial charge on any atom is -0.497 e. The lowest BCUT2D eigenvalue weighted by Crippen LogP contribution is -2.27. The Kier molecular flexibility index (Phi) is 4.50. The molecule has 0 amide bonds. The first-order chi connectivity index (χ1) is 9.50. The van der Waals surface area contributed by atoms with Gasteiger partial charge in [0, 0.05) is 6.54 Å². The molecule has 5 heteroatoms. The smallest absolute Gasteiger partial charge is 0.129 e. The van der Waals surface area contributed by atoms with Crippen LogP contribution < -0.4 is 4.74 Å². The van der Waals surface area contributed by atoms with Crippen molar-refractivity contribution in [3.05, 3.63) is 46.2 Å². The zero-order valence-corrected chi connectivity index (χ0v) is 13.5. The molecule has 1 N–H and O–H groups in total. The maximum atomic E-state index is 11.0. The van der Waals surface area contributed by atoms with Gasteiger partial charge in [-0.25, -0.2) is 0 Å². The molecule has 108 valence electrons. The van der Waals surface area contributed by atoms with Crippen molar-refractivity contribution in [2.45, 2.75) is 32.4 Å². The standard InChI is InChI=1S/C15H19BrN2O2/c1-4-9-18-14(13(16)10-17-18)15(2,19)11-5-7-12(20-3)8-6-11/h5-8,10,19H,4,9H2,1-3H3. The Bertz CT molecular complexity index is 576. The van der Waals surface area contributed by atoms with Crippen LogP contribution in [0.5, 0.6) is 5.75 Å². The lowest BCUT2D eigenvalue weighted by Gasteiger charge is -2.26. The van der Waals surface area contributed by atoms with Gasteiger partial charge in [-0.3, -0.25) is 4.68 Å². The summed E-state index contributed by atoms with van der Waals surface area (Å²) >= 11 is 3.48. The van der Waals surface area contributed by atoms with Gasteiger partial charge in [0.15, 0.2) is 0 Å². The summed E-state index contributed by atoms with van der Waals surface area (Å²) in [6.45, 7) is 4.64. The molecule has 0 saturated heterocycles. The normalized spacial score (nSPS) is 14.1. The van der Waals surface area contributed by atoms with E-state index in [0.29, 0.717) is 0 Å². The molecule has 0 saturated carbocycles. The molecule has 4 nitrogen and oxygen atoms in total. The minimum atomic E-state index is -1.11. The van der Waals surface area contributed by atoms with Crippen LogP contribution in [0, 0.1) is 0 Å². The molecule has 0 fully saturated rings. The van der Waals surface area contributed by atoms with Gasteiger partial charge in [0.1, 0.15) is 11.4 Å². The molecular formula is C15H19BrN2O2. The van der Waals surface area contributed by atoms with Crippen molar-refractivity contribution in [3.8, 4) is 5.75 Å². The predicted octanol–water partition coefficient (Wildman–Crippen LogP) is 3.32. The zero-order chi connectivity index (χ0) is 14.8. The molecule has 1 atom stereocenters. The number of aromatic nitrogens is 2. The Balaban J connectivity index is 2.45. The fourth-order valence-electron chi connectivity index (χ4n) is 2.28. The van der Waals surface area contributed by atoms with Gasteiger partial charge in [0.05, 0.1) is 23.5 Å². The van der Waals surface area contributed by atoms with E-state index >= 15 is 0 Å². The molecule has 0 bridgehead atoms. The second-order valence-electron chi connectivity index (χ2n) is 4.86. The monoisotopic (exact) mass is 338 g/mol. The van der Waals surface area contributed by atoms with Gasteiger partial charge < -0.3 is 9.84 Å². The lowest BCUT2D eigenvalue weighted by molar-refractivity contribution is 0.0905. The highest BCUT2D eigenvalue weighted by Crippen LogP contribution is 2.34. The Morgan fingerprint density at radius 2 is 2.00 bits per heavy atom. The fraction of sp³-hybridized carbons (Fsp3) is 0.400. The van der Waals surface area contributed by atoms with Crippen molar-refractivity contribution >= 4 is 15.9 Å². The first-order valence-electron chi connectivity index (χ1n) is 6.59. The van der Waals surface area contributed by atoms with E-state index in [1.54, 1.807) is 20.2 Å². The Morgan fingerprint density at radius 3 is 2.55 bits per heavy atom. The molecule has 0 aliphatic heterocycles. The van der Waals surface area contributed by atoms with E-state index in [0.717, 1.165) is 34.4 Å². The maximum Gasteiger partial charge on any atom is 0.129 e. The Morgan fingerprint density at radius 1 is 1.35 bits per heavy atom. The number of aryl methyl sites for hydroxylation is 1. The molecule has 0 radical (unpaired) electrons. The molecule has 1 aromatic carbocycles. The van der Waals surface area contributed by atoms with Gasteiger partial charge in [0.2, 0.25) is 0 Å². The van der Waals surface area contributed by atoms with E-state index in [9.17, 15) is 5.11 Å². The summed E-state index contributed by atoms with van der Waals surface area (Å²) in [5, 5.41) is 15.3. The third-order valence-electron chi connectivity index (χ3n) is 3.34. The molecule has 1 aromatic heterocycles. The van der Waals surface area contributed by atoms with Crippen molar-refractivity contribution in [3.63, 3.8) is 0 Å². The SMILES string of the molecule is CCCn1ncc(Br)c1C(C)(O)c1ccc(OC)cc1. The van der Waals surface area contributed by atoms with E-state index in [1.807, 2.05) is 28.9 Å². The number of halogens is 1. The van der Waals surface area contributed by atoms with Crippen LogP contribution in [0.15, 0.2) is 34.9 Å². The molecule has 0 spiro atoms. The number of aliphatic hydroxyl groups is 1. The number of hydrogen-bond donors (Lipinski definition) is 1. The van der Waals surface area contributed by atoms with Crippen LogP contribution >= 0.6 is 15.9 Å². The van der Waals surface area contributed by atoms with Crippen molar-refractivity contribution in [1.82, 2.24) is 9.78 Å². The van der Waals surface area contributed by atoms with Crippen LogP contribution in [-0.2, 0) is 12.1 Å². The Labute approximate surface area is 127 Å². The first kappa shape index (κ1) is 15.1. The van der Waals surface area contributed by atoms with Crippen LogP contribution in [0.3, 0.4) is 0 Å². The molecule has 2 rings (SSSR count). The number of nitrogens with zero attached hydrogens (tertiary/aromatic N) is 2. The van der Waals surface area contributed by atoms with Crippen LogP contribution in [0.25, 0.3) is 0 Å². The fourth-order valence-corrected chi connectivity index (χ4v) is 2.96. The summed E-state index contributed by atoms with van der Waals surface area (Å²) in [6.07, 6.45) is 2.68. The highest BCUT2D eigenvalue weighted by atomic mass is 79.9. The van der Waals surface area contributed by atoms with Crippen LogP contribution in [-0.4, -0.2) is 22.0 Å². The minimum absolute atomic E-state index is 0.768. The highest BCUT2D eigenvalue weighted by Gasteiger charge is 2.32. The van der Waals surface area contributed by atoms with Crippen molar-refractivity contribution < 1.29 is 9.84 Å². The van der Waals surface area contributed by atoms with Gasteiger partial charge in [-0.2, -0.15) is 5.10 Å². The van der Waals surface area contributed by atoms with Crippen LogP contribution in [0.1, 0.15) is 31.5 Å². The number of benzene rings is 1. The maximum absolute atomic E-state index is 11.0. The molecular weight excluding hydrogens is 320 g/mol. The summed E-state index contributed by atoms with van der Waals surface area (Å²) in [6, 6.07) is 7.43. The summed E-state index contributed by atoms with van der Waals surface area (Å²) in [4.78, 5) is 0. The quantitative estimate of drug-likeness (QED) is 0.909. The number of ether oxygens (including phenoxy) is 1. The van der Waals surface area contributed by atoms with Crippen LogP contribution in [0.4, 0.5) is 0 Å². The third-order valence-corrected chi connectivity index (χ3v) is 3.92. The van der Waals surface area contributed by atoms with Crippen LogP contribution in [0.2, 0.25) is 0 Å². The molecule has 1 heterocycles. The Hall–Kier alpha value is -1.33. The van der Waals surface area contributed by atoms with Gasteiger partial charge in [-0.05, 0) is 47.0 Å². The van der Waals surface area contributed by atoms with Gasteiger partial charge >= 0.3 is 0 Å². The predicted molar refractivity (Wildman–Crippen MR) is 81.9 cm³/mol. The lowest BCUT2D eigenvalue weighted by atomic mass is 9.92. The summed E-state index contributed by atoms with van der Waals surface area (Å²) in [5.41, 5.74) is 0.456. The molecule has 2 aromatic rings. The van der Waals surface area contributed by atoms with Gasteiger partial charge in [-0.15, -0.1) is 0 Å². The van der Waals surface area contributed by atoms with Crippen molar-refractivity contribution in [2.24, 2.45) is 0 Å². The summed E-state index contributed by atoms with van der Waals surface area (Å²) < 4.78 is 7.80. The topological polar surface area (TPSA) is 47.3 Å². The molecule has 0 aliphatic carbocycles. The number of hydrogen-bond acceptors (Lipinski definition) is 3. The van der Waals surface area contributed by atoms with Crippen molar-refractivity contribution in [1.29, 1.82) is 0 Å².